The van der Waals surface area contributed by atoms with Gasteiger partial charge in [0.1, 0.15) is 0 Å². The second-order valence-electron chi connectivity index (χ2n) is 4.71. The standard InChI is InChI=1S/C13H16ClNO3/c14-12-6-9(2-4-11(12)13(17)18)15-7-8-1-3-10(16)5-8/h2,4,6,8,10,15-16H,1,3,5,7H2,(H,17,18). The predicted octanol–water partition coefficient (Wildman–Crippen LogP) is 2.61. The zero-order chi connectivity index (χ0) is 13.1. The van der Waals surface area contributed by atoms with Crippen molar-refractivity contribution in [3.8, 4) is 0 Å². The molecular formula is C13H16ClNO3. The van der Waals surface area contributed by atoms with Gasteiger partial charge in [-0.05, 0) is 43.4 Å². The van der Waals surface area contributed by atoms with Gasteiger partial charge in [0.05, 0.1) is 16.7 Å². The van der Waals surface area contributed by atoms with Crippen molar-refractivity contribution in [2.45, 2.75) is 25.4 Å². The van der Waals surface area contributed by atoms with Gasteiger partial charge in [-0.25, -0.2) is 4.79 Å². The maximum Gasteiger partial charge on any atom is 0.337 e. The molecule has 0 aliphatic heterocycles. The molecule has 0 spiro atoms. The monoisotopic (exact) mass is 269 g/mol. The molecule has 1 aromatic rings. The number of aromatic carboxylic acids is 1. The summed E-state index contributed by atoms with van der Waals surface area (Å²) < 4.78 is 0. The Morgan fingerprint density at radius 3 is 2.78 bits per heavy atom. The fourth-order valence-corrected chi connectivity index (χ4v) is 2.56. The number of carboxylic acids is 1. The lowest BCUT2D eigenvalue weighted by Crippen LogP contribution is -2.12. The molecule has 2 unspecified atom stereocenters. The molecule has 98 valence electrons. The van der Waals surface area contributed by atoms with Crippen LogP contribution < -0.4 is 5.32 Å². The topological polar surface area (TPSA) is 69.6 Å². The molecule has 0 bridgehead atoms. The minimum Gasteiger partial charge on any atom is -0.478 e. The summed E-state index contributed by atoms with van der Waals surface area (Å²) in [4.78, 5) is 10.8. The van der Waals surface area contributed by atoms with Gasteiger partial charge in [-0.15, -0.1) is 0 Å². The van der Waals surface area contributed by atoms with Crippen molar-refractivity contribution in [2.24, 2.45) is 5.92 Å². The lowest BCUT2D eigenvalue weighted by Gasteiger charge is -2.12. The number of rotatable bonds is 4. The summed E-state index contributed by atoms with van der Waals surface area (Å²) in [6.07, 6.45) is 2.54. The van der Waals surface area contributed by atoms with Crippen LogP contribution in [0.2, 0.25) is 5.02 Å². The number of hydrogen-bond donors (Lipinski definition) is 3. The van der Waals surface area contributed by atoms with Crippen LogP contribution in [0.15, 0.2) is 18.2 Å². The number of benzene rings is 1. The van der Waals surface area contributed by atoms with Crippen molar-refractivity contribution < 1.29 is 15.0 Å². The van der Waals surface area contributed by atoms with E-state index >= 15 is 0 Å². The average molecular weight is 270 g/mol. The van der Waals surface area contributed by atoms with Crippen LogP contribution in [0.25, 0.3) is 0 Å². The van der Waals surface area contributed by atoms with E-state index in [0.29, 0.717) is 5.92 Å². The average Bonchev–Trinajstić information content (AvgIpc) is 2.72. The van der Waals surface area contributed by atoms with Crippen molar-refractivity contribution in [2.75, 3.05) is 11.9 Å². The summed E-state index contributed by atoms with van der Waals surface area (Å²) in [5.74, 6) is -0.552. The van der Waals surface area contributed by atoms with Crippen molar-refractivity contribution in [1.29, 1.82) is 0 Å². The van der Waals surface area contributed by atoms with Gasteiger partial charge in [-0.1, -0.05) is 11.6 Å². The number of carbonyl (C=O) groups is 1. The third kappa shape index (κ3) is 3.15. The molecular weight excluding hydrogens is 254 g/mol. The molecule has 1 fully saturated rings. The number of nitrogens with one attached hydrogen (secondary N) is 1. The molecule has 1 aromatic carbocycles. The molecule has 4 nitrogen and oxygen atoms in total. The van der Waals surface area contributed by atoms with Crippen molar-refractivity contribution in [3.05, 3.63) is 28.8 Å². The predicted molar refractivity (Wildman–Crippen MR) is 70.2 cm³/mol. The molecule has 1 saturated carbocycles. The largest absolute Gasteiger partial charge is 0.478 e. The number of carboxylic acid groups (broad SMARTS) is 1. The molecule has 0 heterocycles. The zero-order valence-corrected chi connectivity index (χ0v) is 10.7. The molecule has 5 heteroatoms. The van der Waals surface area contributed by atoms with Gasteiger partial charge in [0.25, 0.3) is 0 Å². The van der Waals surface area contributed by atoms with Crippen LogP contribution in [0, 0.1) is 5.92 Å². The number of hydrogen-bond acceptors (Lipinski definition) is 3. The van der Waals surface area contributed by atoms with E-state index in [1.54, 1.807) is 12.1 Å². The van der Waals surface area contributed by atoms with Crippen LogP contribution in [0.3, 0.4) is 0 Å². The Bertz CT molecular complexity index is 450. The fourth-order valence-electron chi connectivity index (χ4n) is 2.29. The second kappa shape index (κ2) is 5.59. The molecule has 0 radical (unpaired) electrons. The highest BCUT2D eigenvalue weighted by molar-refractivity contribution is 6.33. The summed E-state index contributed by atoms with van der Waals surface area (Å²) in [7, 11) is 0. The molecule has 18 heavy (non-hydrogen) atoms. The SMILES string of the molecule is O=C(O)c1ccc(NCC2CCC(O)C2)cc1Cl. The van der Waals surface area contributed by atoms with E-state index in [2.05, 4.69) is 5.32 Å². The van der Waals surface area contributed by atoms with Gasteiger partial charge in [-0.3, -0.25) is 0 Å². The molecule has 0 saturated heterocycles. The molecule has 0 aromatic heterocycles. The minimum atomic E-state index is -1.02. The van der Waals surface area contributed by atoms with E-state index in [0.717, 1.165) is 31.5 Å². The fraction of sp³-hybridized carbons (Fsp3) is 0.462. The van der Waals surface area contributed by atoms with E-state index in [-0.39, 0.29) is 16.7 Å². The van der Waals surface area contributed by atoms with Crippen LogP contribution in [-0.2, 0) is 0 Å². The lowest BCUT2D eigenvalue weighted by molar-refractivity contribution is 0.0697. The summed E-state index contributed by atoms with van der Waals surface area (Å²) in [5, 5.41) is 21.7. The van der Waals surface area contributed by atoms with E-state index in [1.807, 2.05) is 0 Å². The zero-order valence-electron chi connectivity index (χ0n) is 9.90. The Kier molecular flexibility index (Phi) is 4.09. The van der Waals surface area contributed by atoms with E-state index < -0.39 is 5.97 Å². The van der Waals surface area contributed by atoms with Crippen LogP contribution in [-0.4, -0.2) is 28.8 Å². The maximum absolute atomic E-state index is 10.8. The van der Waals surface area contributed by atoms with E-state index in [1.165, 1.54) is 6.07 Å². The van der Waals surface area contributed by atoms with Gasteiger partial charge >= 0.3 is 5.97 Å². The number of halogens is 1. The minimum absolute atomic E-state index is 0.110. The van der Waals surface area contributed by atoms with Crippen LogP contribution in [0.5, 0.6) is 0 Å². The van der Waals surface area contributed by atoms with Gasteiger partial charge in [0, 0.05) is 12.2 Å². The van der Waals surface area contributed by atoms with Crippen LogP contribution >= 0.6 is 11.6 Å². The lowest BCUT2D eigenvalue weighted by atomic mass is 10.1. The van der Waals surface area contributed by atoms with Crippen molar-refractivity contribution in [1.82, 2.24) is 0 Å². The van der Waals surface area contributed by atoms with Gasteiger partial charge in [0.15, 0.2) is 0 Å². The smallest absolute Gasteiger partial charge is 0.337 e. The third-order valence-corrected chi connectivity index (χ3v) is 3.62. The Labute approximate surface area is 111 Å². The molecule has 3 N–H and O–H groups in total. The normalized spacial score (nSPS) is 23.0. The Balaban J connectivity index is 1.94. The Morgan fingerprint density at radius 1 is 1.44 bits per heavy atom. The number of anilines is 1. The molecule has 0 amide bonds. The summed E-state index contributed by atoms with van der Waals surface area (Å²) in [6.45, 7) is 0.778. The van der Waals surface area contributed by atoms with Crippen LogP contribution in [0.4, 0.5) is 5.69 Å². The van der Waals surface area contributed by atoms with E-state index in [9.17, 15) is 9.90 Å². The highest BCUT2D eigenvalue weighted by Crippen LogP contribution is 2.26. The molecule has 2 rings (SSSR count). The summed E-state index contributed by atoms with van der Waals surface area (Å²) in [6, 6.07) is 4.83. The van der Waals surface area contributed by atoms with Gasteiger partial charge < -0.3 is 15.5 Å². The van der Waals surface area contributed by atoms with Crippen LogP contribution in [0.1, 0.15) is 29.6 Å². The first-order valence-corrected chi connectivity index (χ1v) is 6.39. The van der Waals surface area contributed by atoms with Gasteiger partial charge in [0.2, 0.25) is 0 Å². The van der Waals surface area contributed by atoms with E-state index in [4.69, 9.17) is 16.7 Å². The first-order valence-electron chi connectivity index (χ1n) is 6.01. The highest BCUT2D eigenvalue weighted by atomic mass is 35.5. The molecule has 2 atom stereocenters. The first kappa shape index (κ1) is 13.2. The maximum atomic E-state index is 10.8. The second-order valence-corrected chi connectivity index (χ2v) is 5.12. The van der Waals surface area contributed by atoms with Crippen molar-refractivity contribution in [3.63, 3.8) is 0 Å². The number of aliphatic hydroxyl groups is 1. The summed E-state index contributed by atoms with van der Waals surface area (Å²) >= 11 is 5.88. The summed E-state index contributed by atoms with van der Waals surface area (Å²) in [5.41, 5.74) is 0.921. The number of aliphatic hydroxyl groups excluding tert-OH is 1. The van der Waals surface area contributed by atoms with Gasteiger partial charge in [-0.2, -0.15) is 0 Å². The third-order valence-electron chi connectivity index (χ3n) is 3.31. The van der Waals surface area contributed by atoms with Crippen molar-refractivity contribution >= 4 is 23.3 Å². The Hall–Kier alpha value is -1.26. The highest BCUT2D eigenvalue weighted by Gasteiger charge is 2.22. The molecule has 1 aliphatic carbocycles. The quantitative estimate of drug-likeness (QED) is 0.786. The first-order chi connectivity index (χ1) is 8.56. The molecule has 1 aliphatic rings. The Morgan fingerprint density at radius 2 is 2.22 bits per heavy atom.